The van der Waals surface area contributed by atoms with E-state index in [9.17, 15) is 4.39 Å². The van der Waals surface area contributed by atoms with Gasteiger partial charge in [-0.3, -0.25) is 4.40 Å². The van der Waals surface area contributed by atoms with Crippen LogP contribution < -0.4 is 4.74 Å². The highest BCUT2D eigenvalue weighted by molar-refractivity contribution is 5.51. The zero-order valence-corrected chi connectivity index (χ0v) is 8.91. The molecule has 2 aromatic heterocycles. The zero-order valence-electron chi connectivity index (χ0n) is 8.91. The van der Waals surface area contributed by atoms with Crippen molar-refractivity contribution in [1.29, 1.82) is 0 Å². The smallest absolute Gasteiger partial charge is 0.258 e. The Morgan fingerprint density at radius 2 is 2.20 bits per heavy atom. The normalized spacial score (nSPS) is 10.9. The maximum absolute atomic E-state index is 13.8. The molecule has 4 nitrogen and oxygen atoms in total. The molecule has 0 fully saturated rings. The van der Waals surface area contributed by atoms with Crippen LogP contribution in [-0.4, -0.2) is 21.5 Å². The second-order valence-electron chi connectivity index (χ2n) is 3.29. The van der Waals surface area contributed by atoms with Gasteiger partial charge in [0.15, 0.2) is 0 Å². The summed E-state index contributed by atoms with van der Waals surface area (Å²) in [6.45, 7) is 3.65. The number of hydrogen-bond acceptors (Lipinski definition) is 3. The Morgan fingerprint density at radius 1 is 1.47 bits per heavy atom. The Bertz CT molecular complexity index is 507. The van der Waals surface area contributed by atoms with E-state index in [4.69, 9.17) is 4.74 Å². The molecule has 0 radical (unpaired) electrons. The molecular formula is C10H12FN3O. The molecule has 0 aliphatic heterocycles. The van der Waals surface area contributed by atoms with Crippen molar-refractivity contribution in [2.45, 2.75) is 20.3 Å². The van der Waals surface area contributed by atoms with Crippen molar-refractivity contribution in [2.75, 3.05) is 7.11 Å². The summed E-state index contributed by atoms with van der Waals surface area (Å²) in [4.78, 5) is 8.23. The lowest BCUT2D eigenvalue weighted by molar-refractivity contribution is 0.392. The number of halogens is 1. The largest absolute Gasteiger partial charge is 0.478 e. The number of hydrogen-bond donors (Lipinski definition) is 0. The molecule has 0 amide bonds. The fourth-order valence-corrected chi connectivity index (χ4v) is 1.52. The SMILES string of the molecule is CCc1nc(OC)c2nc(C)cn2c1F. The first-order chi connectivity index (χ1) is 7.17. The molecule has 2 heterocycles. The molecule has 0 saturated heterocycles. The predicted octanol–water partition coefficient (Wildman–Crippen LogP) is 1.75. The van der Waals surface area contributed by atoms with Gasteiger partial charge >= 0.3 is 0 Å². The summed E-state index contributed by atoms with van der Waals surface area (Å²) < 4.78 is 20.3. The van der Waals surface area contributed by atoms with Crippen LogP contribution >= 0.6 is 0 Å². The van der Waals surface area contributed by atoms with Gasteiger partial charge in [-0.05, 0) is 13.3 Å². The van der Waals surface area contributed by atoms with Crippen LogP contribution in [0, 0.1) is 12.9 Å². The minimum Gasteiger partial charge on any atom is -0.478 e. The van der Waals surface area contributed by atoms with Gasteiger partial charge in [0, 0.05) is 6.20 Å². The first-order valence-electron chi connectivity index (χ1n) is 4.75. The molecule has 0 aromatic carbocycles. The average Bonchev–Trinajstić information content (AvgIpc) is 2.61. The van der Waals surface area contributed by atoms with Gasteiger partial charge in [0.05, 0.1) is 18.5 Å². The fraction of sp³-hybridized carbons (Fsp3) is 0.400. The van der Waals surface area contributed by atoms with E-state index in [1.54, 1.807) is 13.1 Å². The number of fused-ring (bicyclic) bond motifs is 1. The molecule has 0 unspecified atom stereocenters. The number of ether oxygens (including phenoxy) is 1. The van der Waals surface area contributed by atoms with Crippen LogP contribution in [0.4, 0.5) is 4.39 Å². The zero-order chi connectivity index (χ0) is 11.0. The molecule has 15 heavy (non-hydrogen) atoms. The molecule has 0 bridgehead atoms. The van der Waals surface area contributed by atoms with Crippen LogP contribution in [-0.2, 0) is 6.42 Å². The number of nitrogens with zero attached hydrogens (tertiary/aromatic N) is 3. The van der Waals surface area contributed by atoms with Gasteiger partial charge in [-0.1, -0.05) is 6.92 Å². The van der Waals surface area contributed by atoms with Crippen LogP contribution in [0.2, 0.25) is 0 Å². The van der Waals surface area contributed by atoms with Crippen molar-refractivity contribution in [1.82, 2.24) is 14.4 Å². The third-order valence-corrected chi connectivity index (χ3v) is 2.23. The lowest BCUT2D eigenvalue weighted by atomic mass is 10.3. The summed E-state index contributed by atoms with van der Waals surface area (Å²) in [6, 6.07) is 0. The molecular weight excluding hydrogens is 197 g/mol. The second-order valence-corrected chi connectivity index (χ2v) is 3.29. The second kappa shape index (κ2) is 3.49. The molecule has 0 spiro atoms. The summed E-state index contributed by atoms with van der Waals surface area (Å²) in [5.41, 5.74) is 1.55. The highest BCUT2D eigenvalue weighted by Gasteiger charge is 2.14. The maximum Gasteiger partial charge on any atom is 0.258 e. The van der Waals surface area contributed by atoms with Crippen LogP contribution in [0.15, 0.2) is 6.20 Å². The van der Waals surface area contributed by atoms with Gasteiger partial charge in [-0.15, -0.1) is 0 Å². The lowest BCUT2D eigenvalue weighted by Crippen LogP contribution is -2.04. The third kappa shape index (κ3) is 1.44. The average molecular weight is 209 g/mol. The molecule has 0 N–H and O–H groups in total. The first-order valence-corrected chi connectivity index (χ1v) is 4.75. The number of imidazole rings is 1. The van der Waals surface area contributed by atoms with Gasteiger partial charge in [0.1, 0.15) is 0 Å². The summed E-state index contributed by atoms with van der Waals surface area (Å²) in [7, 11) is 1.50. The van der Waals surface area contributed by atoms with Crippen molar-refractivity contribution < 1.29 is 9.13 Å². The van der Waals surface area contributed by atoms with Crippen molar-refractivity contribution >= 4 is 5.65 Å². The van der Waals surface area contributed by atoms with Crippen molar-refractivity contribution in [3.63, 3.8) is 0 Å². The molecule has 0 aliphatic carbocycles. The molecule has 5 heteroatoms. The van der Waals surface area contributed by atoms with E-state index >= 15 is 0 Å². The number of methoxy groups -OCH3 is 1. The van der Waals surface area contributed by atoms with Crippen molar-refractivity contribution in [2.24, 2.45) is 0 Å². The minimum absolute atomic E-state index is 0.362. The van der Waals surface area contributed by atoms with Gasteiger partial charge < -0.3 is 4.74 Å². The fourth-order valence-electron chi connectivity index (χ4n) is 1.52. The van der Waals surface area contributed by atoms with Gasteiger partial charge in [0.2, 0.25) is 11.6 Å². The highest BCUT2D eigenvalue weighted by atomic mass is 19.1. The summed E-state index contributed by atoms with van der Waals surface area (Å²) in [5, 5.41) is 0. The van der Waals surface area contributed by atoms with Crippen LogP contribution in [0.25, 0.3) is 5.65 Å². The van der Waals surface area contributed by atoms with Gasteiger partial charge in [-0.25, -0.2) is 9.97 Å². The van der Waals surface area contributed by atoms with E-state index < -0.39 is 0 Å². The van der Waals surface area contributed by atoms with E-state index in [1.165, 1.54) is 11.5 Å². The molecule has 0 saturated carbocycles. The van der Waals surface area contributed by atoms with E-state index in [0.717, 1.165) is 5.69 Å². The maximum atomic E-state index is 13.8. The number of aryl methyl sites for hydroxylation is 2. The molecule has 80 valence electrons. The Balaban J connectivity index is 2.83. The van der Waals surface area contributed by atoms with Gasteiger partial charge in [-0.2, -0.15) is 4.39 Å². The summed E-state index contributed by atoms with van der Waals surface area (Å²) >= 11 is 0. The highest BCUT2D eigenvalue weighted by Crippen LogP contribution is 2.20. The lowest BCUT2D eigenvalue weighted by Gasteiger charge is -2.05. The molecule has 2 aromatic rings. The number of aromatic nitrogens is 3. The van der Waals surface area contributed by atoms with Crippen LogP contribution in [0.3, 0.4) is 0 Å². The van der Waals surface area contributed by atoms with E-state index in [0.29, 0.717) is 23.6 Å². The number of rotatable bonds is 2. The molecule has 2 rings (SSSR count). The first kappa shape index (κ1) is 9.89. The standard InChI is InChI=1S/C10H12FN3O/c1-4-7-8(11)14-5-6(2)12-9(14)10(13-7)15-3/h5H,4H2,1-3H3. The predicted molar refractivity (Wildman–Crippen MR) is 53.6 cm³/mol. The van der Waals surface area contributed by atoms with E-state index in [2.05, 4.69) is 9.97 Å². The van der Waals surface area contributed by atoms with Gasteiger partial charge in [0.25, 0.3) is 5.88 Å². The van der Waals surface area contributed by atoms with E-state index in [1.807, 2.05) is 6.92 Å². The monoisotopic (exact) mass is 209 g/mol. The van der Waals surface area contributed by atoms with E-state index in [-0.39, 0.29) is 5.95 Å². The third-order valence-electron chi connectivity index (χ3n) is 2.23. The minimum atomic E-state index is -0.367. The van der Waals surface area contributed by atoms with Crippen molar-refractivity contribution in [3.05, 3.63) is 23.5 Å². The Morgan fingerprint density at radius 3 is 2.80 bits per heavy atom. The summed E-state index contributed by atoms with van der Waals surface area (Å²) in [6.07, 6.45) is 2.16. The Kier molecular flexibility index (Phi) is 2.30. The Labute approximate surface area is 86.7 Å². The summed E-state index contributed by atoms with van der Waals surface area (Å²) in [5.74, 6) is -0.00440. The molecule has 0 atom stereocenters. The molecule has 0 aliphatic rings. The van der Waals surface area contributed by atoms with Crippen LogP contribution in [0.5, 0.6) is 5.88 Å². The quantitative estimate of drug-likeness (QED) is 0.756. The Hall–Kier alpha value is -1.65. The van der Waals surface area contributed by atoms with Crippen molar-refractivity contribution in [3.8, 4) is 5.88 Å². The van der Waals surface area contributed by atoms with Crippen LogP contribution in [0.1, 0.15) is 18.3 Å². The topological polar surface area (TPSA) is 39.4 Å².